The molecule has 24 heavy (non-hydrogen) atoms. The van der Waals surface area contributed by atoms with Crippen molar-refractivity contribution in [1.82, 2.24) is 5.32 Å². The van der Waals surface area contributed by atoms with Crippen molar-refractivity contribution >= 4 is 34.8 Å². The molecular weight excluding hydrogens is 346 g/mol. The Morgan fingerprint density at radius 1 is 1.33 bits per heavy atom. The van der Waals surface area contributed by atoms with E-state index in [-0.39, 0.29) is 18.6 Å². The molecule has 0 aliphatic carbocycles. The number of rotatable bonds is 6. The number of hydrogen-bond donors (Lipinski definition) is 1. The van der Waals surface area contributed by atoms with Crippen molar-refractivity contribution in [3.8, 4) is 0 Å². The summed E-state index contributed by atoms with van der Waals surface area (Å²) < 4.78 is 5.10. The van der Waals surface area contributed by atoms with Crippen molar-refractivity contribution in [2.24, 2.45) is 0 Å². The van der Waals surface area contributed by atoms with E-state index in [4.69, 9.17) is 16.3 Å². The van der Waals surface area contributed by atoms with Gasteiger partial charge in [-0.05, 0) is 49.6 Å². The Bertz CT molecular complexity index is 742. The molecule has 0 radical (unpaired) electrons. The Hall–Kier alpha value is -1.85. The van der Waals surface area contributed by atoms with Gasteiger partial charge in [-0.1, -0.05) is 30.7 Å². The Kier molecular flexibility index (Phi) is 6.40. The van der Waals surface area contributed by atoms with Gasteiger partial charge < -0.3 is 10.1 Å². The number of carbonyl (C=O) groups is 2. The van der Waals surface area contributed by atoms with Gasteiger partial charge in [0.05, 0.1) is 6.04 Å². The number of ether oxygens (including phenoxy) is 1. The maximum atomic E-state index is 12.0. The van der Waals surface area contributed by atoms with Crippen LogP contribution in [0.25, 0.3) is 0 Å². The Morgan fingerprint density at radius 3 is 2.71 bits per heavy atom. The fraction of sp³-hybridized carbons (Fsp3) is 0.333. The molecule has 1 heterocycles. The molecule has 0 unspecified atom stereocenters. The third-order valence-corrected chi connectivity index (χ3v) is 5.20. The zero-order chi connectivity index (χ0) is 17.7. The maximum Gasteiger partial charge on any atom is 0.348 e. The first-order chi connectivity index (χ1) is 11.4. The van der Waals surface area contributed by atoms with Gasteiger partial charge in [0, 0.05) is 9.90 Å². The van der Waals surface area contributed by atoms with Crippen LogP contribution in [0.2, 0.25) is 5.02 Å². The number of nitrogens with one attached hydrogen (secondary N) is 1. The van der Waals surface area contributed by atoms with Crippen molar-refractivity contribution in [3.05, 3.63) is 56.2 Å². The molecule has 0 aliphatic heterocycles. The normalized spacial score (nSPS) is 11.8. The van der Waals surface area contributed by atoms with Crippen LogP contribution in [0.3, 0.4) is 0 Å². The lowest BCUT2D eigenvalue weighted by Crippen LogP contribution is -2.31. The van der Waals surface area contributed by atoms with Gasteiger partial charge in [-0.3, -0.25) is 4.79 Å². The molecule has 0 fully saturated rings. The van der Waals surface area contributed by atoms with Crippen LogP contribution in [0.15, 0.2) is 30.3 Å². The summed E-state index contributed by atoms with van der Waals surface area (Å²) in [6.45, 7) is 5.55. The summed E-state index contributed by atoms with van der Waals surface area (Å²) in [5.74, 6) is -0.812. The second-order valence-corrected chi connectivity index (χ2v) is 7.06. The van der Waals surface area contributed by atoms with Crippen LogP contribution in [0.5, 0.6) is 0 Å². The molecule has 1 aromatic carbocycles. The number of amides is 1. The van der Waals surface area contributed by atoms with Crippen molar-refractivity contribution in [2.75, 3.05) is 6.61 Å². The van der Waals surface area contributed by atoms with E-state index in [0.717, 1.165) is 22.4 Å². The number of benzene rings is 1. The molecule has 0 saturated heterocycles. The van der Waals surface area contributed by atoms with Crippen molar-refractivity contribution < 1.29 is 14.3 Å². The average Bonchev–Trinajstić information content (AvgIpc) is 2.93. The molecule has 1 N–H and O–H groups in total. The molecule has 0 aliphatic rings. The van der Waals surface area contributed by atoms with E-state index in [2.05, 4.69) is 5.32 Å². The van der Waals surface area contributed by atoms with Gasteiger partial charge in [-0.25, -0.2) is 4.79 Å². The molecule has 2 aromatic rings. The zero-order valence-corrected chi connectivity index (χ0v) is 15.5. The van der Waals surface area contributed by atoms with Crippen LogP contribution in [0.4, 0.5) is 0 Å². The Labute approximate surface area is 150 Å². The first-order valence-electron chi connectivity index (χ1n) is 7.72. The molecule has 0 saturated carbocycles. The third kappa shape index (κ3) is 4.82. The Balaban J connectivity index is 1.87. The highest BCUT2D eigenvalue weighted by molar-refractivity contribution is 7.14. The van der Waals surface area contributed by atoms with Gasteiger partial charge in [0.25, 0.3) is 5.91 Å². The van der Waals surface area contributed by atoms with E-state index in [1.165, 1.54) is 11.3 Å². The number of esters is 1. The molecule has 1 atom stereocenters. The molecule has 128 valence electrons. The van der Waals surface area contributed by atoms with Gasteiger partial charge in [0.1, 0.15) is 4.88 Å². The summed E-state index contributed by atoms with van der Waals surface area (Å²) in [6.07, 6.45) is 0.876. The molecule has 1 aromatic heterocycles. The highest BCUT2D eigenvalue weighted by atomic mass is 35.5. The summed E-state index contributed by atoms with van der Waals surface area (Å²) in [4.78, 5) is 25.7. The van der Waals surface area contributed by atoms with Crippen LogP contribution in [-0.2, 0) is 16.0 Å². The van der Waals surface area contributed by atoms with Crippen LogP contribution in [0, 0.1) is 6.92 Å². The molecule has 0 bridgehead atoms. The number of halogens is 1. The minimum atomic E-state index is -0.464. The van der Waals surface area contributed by atoms with Gasteiger partial charge >= 0.3 is 5.97 Å². The topological polar surface area (TPSA) is 55.4 Å². The minimum Gasteiger partial charge on any atom is -0.451 e. The first kappa shape index (κ1) is 18.5. The second kappa shape index (κ2) is 8.31. The van der Waals surface area contributed by atoms with E-state index < -0.39 is 5.97 Å². The number of hydrogen-bond acceptors (Lipinski definition) is 4. The lowest BCUT2D eigenvalue weighted by Gasteiger charge is -2.14. The highest BCUT2D eigenvalue weighted by Gasteiger charge is 2.16. The fourth-order valence-corrected chi connectivity index (χ4v) is 3.52. The molecule has 6 heteroatoms. The van der Waals surface area contributed by atoms with Crippen molar-refractivity contribution in [3.63, 3.8) is 0 Å². The predicted molar refractivity (Wildman–Crippen MR) is 96.7 cm³/mol. The monoisotopic (exact) mass is 365 g/mol. The van der Waals surface area contributed by atoms with E-state index in [0.29, 0.717) is 9.90 Å². The molecule has 2 rings (SSSR count). The predicted octanol–water partition coefficient (Wildman–Crippen LogP) is 4.31. The van der Waals surface area contributed by atoms with E-state index >= 15 is 0 Å². The summed E-state index contributed by atoms with van der Waals surface area (Å²) in [5.41, 5.74) is 1.97. The largest absolute Gasteiger partial charge is 0.451 e. The van der Waals surface area contributed by atoms with Gasteiger partial charge in [-0.2, -0.15) is 0 Å². The summed E-state index contributed by atoms with van der Waals surface area (Å²) in [7, 11) is 0. The highest BCUT2D eigenvalue weighted by Crippen LogP contribution is 2.23. The minimum absolute atomic E-state index is 0.217. The fourth-order valence-electron chi connectivity index (χ4n) is 2.32. The summed E-state index contributed by atoms with van der Waals surface area (Å²) in [5, 5.41) is 3.40. The first-order valence-corrected chi connectivity index (χ1v) is 8.91. The molecule has 1 amide bonds. The molecule has 0 spiro atoms. The zero-order valence-electron chi connectivity index (χ0n) is 13.9. The van der Waals surface area contributed by atoms with Crippen molar-refractivity contribution in [2.45, 2.75) is 33.2 Å². The van der Waals surface area contributed by atoms with Gasteiger partial charge in [0.15, 0.2) is 6.61 Å². The third-order valence-electron chi connectivity index (χ3n) is 3.60. The van der Waals surface area contributed by atoms with Crippen LogP contribution in [-0.4, -0.2) is 18.5 Å². The van der Waals surface area contributed by atoms with Crippen LogP contribution < -0.4 is 5.32 Å². The quantitative estimate of drug-likeness (QED) is 0.776. The molecular formula is C18H20ClNO3S. The lowest BCUT2D eigenvalue weighted by molar-refractivity contribution is -0.124. The number of thiophene rings is 1. The van der Waals surface area contributed by atoms with Gasteiger partial charge in [0.2, 0.25) is 0 Å². The summed E-state index contributed by atoms with van der Waals surface area (Å²) in [6, 6.07) is 8.85. The van der Waals surface area contributed by atoms with Crippen LogP contribution >= 0.6 is 22.9 Å². The van der Waals surface area contributed by atoms with E-state index in [1.807, 2.05) is 32.9 Å². The smallest absolute Gasteiger partial charge is 0.348 e. The van der Waals surface area contributed by atoms with Crippen LogP contribution in [0.1, 0.15) is 45.6 Å². The SMILES string of the molecule is CCc1sc(C(=O)OCC(=O)N[C@@H](C)c2cccc(Cl)c2)cc1C. The Morgan fingerprint density at radius 2 is 2.08 bits per heavy atom. The molecule has 4 nitrogen and oxygen atoms in total. The van der Waals surface area contributed by atoms with Crippen molar-refractivity contribution in [1.29, 1.82) is 0 Å². The number of carbonyl (C=O) groups excluding carboxylic acids is 2. The van der Waals surface area contributed by atoms with E-state index in [1.54, 1.807) is 18.2 Å². The van der Waals surface area contributed by atoms with Gasteiger partial charge in [-0.15, -0.1) is 11.3 Å². The maximum absolute atomic E-state index is 12.0. The second-order valence-electron chi connectivity index (χ2n) is 5.49. The number of aryl methyl sites for hydroxylation is 2. The standard InChI is InChI=1S/C18H20ClNO3S/c1-4-15-11(2)8-16(24-15)18(22)23-10-17(21)20-12(3)13-6-5-7-14(19)9-13/h5-9,12H,4,10H2,1-3H3,(H,20,21)/t12-/m0/s1. The van der Waals surface area contributed by atoms with E-state index in [9.17, 15) is 9.59 Å². The summed E-state index contributed by atoms with van der Waals surface area (Å²) >= 11 is 7.35. The average molecular weight is 366 g/mol. The lowest BCUT2D eigenvalue weighted by atomic mass is 10.1.